The zero-order chi connectivity index (χ0) is 19.0. The molecule has 1 fully saturated rings. The van der Waals surface area contributed by atoms with Gasteiger partial charge in [0.05, 0.1) is 11.4 Å². The van der Waals surface area contributed by atoms with Crippen LogP contribution in [0.4, 0.5) is 0 Å². The van der Waals surface area contributed by atoms with Crippen molar-refractivity contribution in [2.45, 2.75) is 11.4 Å². The predicted molar refractivity (Wildman–Crippen MR) is 105 cm³/mol. The van der Waals surface area contributed by atoms with Gasteiger partial charge < -0.3 is 4.42 Å². The lowest BCUT2D eigenvalue weighted by Gasteiger charge is -2.33. The molecule has 0 aliphatic carbocycles. The minimum Gasteiger partial charge on any atom is -0.439 e. The number of piperazine rings is 1. The van der Waals surface area contributed by atoms with Crippen molar-refractivity contribution < 1.29 is 12.8 Å². The molecule has 1 aliphatic heterocycles. The quantitative estimate of drug-likeness (QED) is 0.638. The fraction of sp³-hybridized carbons (Fsp3) is 0.278. The number of hydrogen-bond acceptors (Lipinski definition) is 5. The zero-order valence-corrected chi connectivity index (χ0v) is 16.6. The molecular formula is C18H17Cl2N3O3S. The standard InChI is InChI=1S/C18H17Cl2N3O3S/c19-13-2-1-3-15(10-13)27(24,25)23-8-6-22(7-9-23)12-18-21-16-5-4-14(20)11-17(16)26-18/h1-5,10-11H,6-9,12H2. The maximum Gasteiger partial charge on any atom is 0.243 e. The third kappa shape index (κ3) is 3.97. The number of oxazole rings is 1. The molecule has 27 heavy (non-hydrogen) atoms. The molecule has 2 heterocycles. The predicted octanol–water partition coefficient (Wildman–Crippen LogP) is 3.64. The average molecular weight is 426 g/mol. The van der Waals surface area contributed by atoms with E-state index in [1.165, 1.54) is 10.4 Å². The molecule has 0 spiro atoms. The van der Waals surface area contributed by atoms with Crippen molar-refractivity contribution in [1.82, 2.24) is 14.2 Å². The van der Waals surface area contributed by atoms with Crippen LogP contribution >= 0.6 is 23.2 Å². The van der Waals surface area contributed by atoms with E-state index in [-0.39, 0.29) is 4.90 Å². The van der Waals surface area contributed by atoms with Crippen molar-refractivity contribution in [3.05, 3.63) is 58.4 Å². The van der Waals surface area contributed by atoms with Crippen molar-refractivity contribution in [1.29, 1.82) is 0 Å². The van der Waals surface area contributed by atoms with E-state index in [0.29, 0.717) is 54.2 Å². The van der Waals surface area contributed by atoms with Gasteiger partial charge in [0.15, 0.2) is 5.58 Å². The number of fused-ring (bicyclic) bond motifs is 1. The Morgan fingerprint density at radius 3 is 2.48 bits per heavy atom. The van der Waals surface area contributed by atoms with E-state index in [4.69, 9.17) is 27.6 Å². The second-order valence-corrected chi connectivity index (χ2v) is 9.17. The van der Waals surface area contributed by atoms with Crippen LogP contribution in [-0.2, 0) is 16.6 Å². The highest BCUT2D eigenvalue weighted by molar-refractivity contribution is 7.89. The Bertz CT molecular complexity index is 1080. The lowest BCUT2D eigenvalue weighted by Crippen LogP contribution is -2.48. The maximum absolute atomic E-state index is 12.8. The molecule has 0 bridgehead atoms. The highest BCUT2D eigenvalue weighted by Crippen LogP contribution is 2.23. The number of halogens is 2. The summed E-state index contributed by atoms with van der Waals surface area (Å²) in [4.78, 5) is 6.80. The van der Waals surface area contributed by atoms with Crippen LogP contribution in [0.3, 0.4) is 0 Å². The molecule has 0 N–H and O–H groups in total. The van der Waals surface area contributed by atoms with Crippen molar-refractivity contribution >= 4 is 44.3 Å². The minimum atomic E-state index is -3.54. The number of nitrogens with zero attached hydrogens (tertiary/aromatic N) is 3. The summed E-state index contributed by atoms with van der Waals surface area (Å²) in [5, 5.41) is 1.01. The first-order chi connectivity index (χ1) is 12.9. The highest BCUT2D eigenvalue weighted by Gasteiger charge is 2.29. The zero-order valence-electron chi connectivity index (χ0n) is 14.3. The van der Waals surface area contributed by atoms with E-state index in [1.54, 1.807) is 30.3 Å². The van der Waals surface area contributed by atoms with Gasteiger partial charge in [0, 0.05) is 42.3 Å². The minimum absolute atomic E-state index is 0.222. The van der Waals surface area contributed by atoms with E-state index in [9.17, 15) is 8.42 Å². The number of rotatable bonds is 4. The Hall–Kier alpha value is -1.64. The van der Waals surface area contributed by atoms with Gasteiger partial charge in [-0.2, -0.15) is 4.31 Å². The van der Waals surface area contributed by atoms with Gasteiger partial charge in [-0.1, -0.05) is 29.3 Å². The fourth-order valence-corrected chi connectivity index (χ4v) is 5.00. The lowest BCUT2D eigenvalue weighted by molar-refractivity contribution is 0.169. The normalized spacial score (nSPS) is 16.8. The molecule has 0 amide bonds. The van der Waals surface area contributed by atoms with Gasteiger partial charge in [-0.3, -0.25) is 4.90 Å². The Morgan fingerprint density at radius 1 is 1.00 bits per heavy atom. The van der Waals surface area contributed by atoms with Gasteiger partial charge in [-0.05, 0) is 30.3 Å². The Kier molecular flexibility index (Phi) is 5.13. The highest BCUT2D eigenvalue weighted by atomic mass is 35.5. The van der Waals surface area contributed by atoms with Gasteiger partial charge in [-0.25, -0.2) is 13.4 Å². The molecule has 142 valence electrons. The molecule has 0 unspecified atom stereocenters. The largest absolute Gasteiger partial charge is 0.439 e. The van der Waals surface area contributed by atoms with Crippen molar-refractivity contribution in [3.63, 3.8) is 0 Å². The summed E-state index contributed by atoms with van der Waals surface area (Å²) in [7, 11) is -3.54. The number of aromatic nitrogens is 1. The Labute approximate surface area is 167 Å². The molecule has 1 aliphatic rings. The molecular weight excluding hydrogens is 409 g/mol. The Morgan fingerprint density at radius 2 is 1.74 bits per heavy atom. The van der Waals surface area contributed by atoms with Crippen LogP contribution in [0.1, 0.15) is 5.89 Å². The first kappa shape index (κ1) is 18.7. The summed E-state index contributed by atoms with van der Waals surface area (Å²) in [5.41, 5.74) is 1.41. The number of hydrogen-bond donors (Lipinski definition) is 0. The summed E-state index contributed by atoms with van der Waals surface area (Å²) in [5.74, 6) is 0.596. The van der Waals surface area contributed by atoms with E-state index in [0.717, 1.165) is 5.52 Å². The smallest absolute Gasteiger partial charge is 0.243 e. The summed E-state index contributed by atoms with van der Waals surface area (Å²) >= 11 is 11.9. The van der Waals surface area contributed by atoms with Crippen molar-refractivity contribution in [3.8, 4) is 0 Å². The molecule has 9 heteroatoms. The van der Waals surface area contributed by atoms with Crippen LogP contribution in [0, 0.1) is 0 Å². The van der Waals surface area contributed by atoms with Crippen molar-refractivity contribution in [2.75, 3.05) is 26.2 Å². The van der Waals surface area contributed by atoms with Gasteiger partial charge >= 0.3 is 0 Å². The van der Waals surface area contributed by atoms with E-state index >= 15 is 0 Å². The average Bonchev–Trinajstić information content (AvgIpc) is 3.03. The summed E-state index contributed by atoms with van der Waals surface area (Å²) in [6.07, 6.45) is 0. The first-order valence-corrected chi connectivity index (χ1v) is 10.6. The molecule has 6 nitrogen and oxygen atoms in total. The van der Waals surface area contributed by atoms with E-state index in [1.807, 2.05) is 6.07 Å². The van der Waals surface area contributed by atoms with Crippen LogP contribution in [0.15, 0.2) is 51.8 Å². The SMILES string of the molecule is O=S(=O)(c1cccc(Cl)c1)N1CCN(Cc2nc3ccc(Cl)cc3o2)CC1. The summed E-state index contributed by atoms with van der Waals surface area (Å²) < 4.78 is 32.7. The van der Waals surface area contributed by atoms with Gasteiger partial charge in [0.1, 0.15) is 5.52 Å². The Balaban J connectivity index is 1.42. The van der Waals surface area contributed by atoms with E-state index in [2.05, 4.69) is 9.88 Å². The number of sulfonamides is 1. The molecule has 4 rings (SSSR count). The lowest BCUT2D eigenvalue weighted by atomic mass is 10.3. The molecule has 2 aromatic carbocycles. The molecule has 3 aromatic rings. The first-order valence-electron chi connectivity index (χ1n) is 8.45. The second kappa shape index (κ2) is 7.41. The third-order valence-corrected chi connectivity index (χ3v) is 6.88. The molecule has 0 atom stereocenters. The molecule has 1 aromatic heterocycles. The van der Waals surface area contributed by atoms with Crippen molar-refractivity contribution in [2.24, 2.45) is 0 Å². The van der Waals surface area contributed by atoms with E-state index < -0.39 is 10.0 Å². The van der Waals surface area contributed by atoms with Gasteiger partial charge in [0.2, 0.25) is 15.9 Å². The van der Waals surface area contributed by atoms with Gasteiger partial charge in [-0.15, -0.1) is 0 Å². The molecule has 1 saturated heterocycles. The van der Waals surface area contributed by atoms with Gasteiger partial charge in [0.25, 0.3) is 0 Å². The monoisotopic (exact) mass is 425 g/mol. The van der Waals surface area contributed by atoms with Crippen LogP contribution < -0.4 is 0 Å². The molecule has 0 radical (unpaired) electrons. The van der Waals surface area contributed by atoms with Crippen LogP contribution in [0.2, 0.25) is 10.0 Å². The van der Waals surface area contributed by atoms with Crippen LogP contribution in [-0.4, -0.2) is 48.8 Å². The third-order valence-electron chi connectivity index (χ3n) is 4.52. The van der Waals surface area contributed by atoms with Crippen LogP contribution in [0.25, 0.3) is 11.1 Å². The second-order valence-electron chi connectivity index (χ2n) is 6.36. The fourth-order valence-electron chi connectivity index (χ4n) is 3.11. The summed E-state index contributed by atoms with van der Waals surface area (Å²) in [6, 6.07) is 11.7. The molecule has 0 saturated carbocycles. The maximum atomic E-state index is 12.8. The summed E-state index contributed by atoms with van der Waals surface area (Å²) in [6.45, 7) is 2.53. The number of benzene rings is 2. The topological polar surface area (TPSA) is 66.7 Å². The van der Waals surface area contributed by atoms with Crippen LogP contribution in [0.5, 0.6) is 0 Å².